The number of hydrogen-bond donors (Lipinski definition) is 16. The van der Waals surface area contributed by atoms with Gasteiger partial charge in [-0.2, -0.15) is 4.21 Å². The number of phenols is 1. The molecule has 452 valence electrons. The fourth-order valence-electron chi connectivity index (χ4n) is 10.0. The highest BCUT2D eigenvalue weighted by Gasteiger charge is 2.51. The Morgan fingerprint density at radius 3 is 1.89 bits per heavy atom. The van der Waals surface area contributed by atoms with E-state index in [1.807, 2.05) is 5.32 Å². The van der Waals surface area contributed by atoms with E-state index >= 15 is 0 Å². The second-order valence-electron chi connectivity index (χ2n) is 21.1. The first-order valence-corrected chi connectivity index (χ1v) is 28.3. The maximum absolute atomic E-state index is 14.6. The molecule has 29 heteroatoms. The summed E-state index contributed by atoms with van der Waals surface area (Å²) in [5, 5.41) is 112. The molecule has 0 saturated carbocycles. The van der Waals surface area contributed by atoms with Crippen LogP contribution in [0.25, 0.3) is 0 Å². The topological polar surface area (TPSA) is 458 Å². The number of phenolic OH excluding ortho intramolecular Hbond substituents is 1. The van der Waals surface area contributed by atoms with E-state index in [4.69, 9.17) is 5.73 Å². The van der Waals surface area contributed by atoms with Gasteiger partial charge in [-0.25, -0.2) is 0 Å². The van der Waals surface area contributed by atoms with Crippen LogP contribution < -0.4 is 36.5 Å². The molecule has 3 heterocycles. The zero-order valence-corrected chi connectivity index (χ0v) is 46.1. The Kier molecular flexibility index (Phi) is 26.9. The minimum Gasteiger partial charge on any atom is -0.504 e. The number of nitrogens with two attached hydrogens (primary N) is 1. The summed E-state index contributed by atoms with van der Waals surface area (Å²) >= 11 is -3.04. The standard InChI is InChI=1S/C51H82N8O20S/c1-4-5-6-7-8-9-10-11-12-13-14-15-16-17-37(66)53-30-22-34(64)47(72)57-49(74)41-42(67)26(2)24-59(41)51(76)39(33(63)23-36(52)65)55-48(73)40(44(69)43(68)28-18-19-32(62)35(20-28)79-80(77)78)56-46(71)31-21-29(61)25-58(31)50(75)38(27(3)60)54-45(30)70/h18-20,26-27,29-31,33-34,38-44,47,60-64,67-69,72H,4-17,21-25H2,1-3H3,(H2,52,65)(H,53,66)(H,54,70)(H,55,73)(H,56,71)(H,57,74)(H,77,78). The number of unbranched alkanes of at least 4 members (excludes halogenated alkanes) is 12. The Hall–Kier alpha value is -5.63. The van der Waals surface area contributed by atoms with Gasteiger partial charge in [-0.15, -0.1) is 0 Å². The van der Waals surface area contributed by atoms with Crippen molar-refractivity contribution in [3.05, 3.63) is 23.8 Å². The summed E-state index contributed by atoms with van der Waals surface area (Å²) in [5.41, 5.74) is 4.90. The van der Waals surface area contributed by atoms with Gasteiger partial charge in [-0.1, -0.05) is 97.0 Å². The van der Waals surface area contributed by atoms with Crippen molar-refractivity contribution in [2.24, 2.45) is 11.7 Å². The number of fused-ring (bicyclic) bond motifs is 2. The van der Waals surface area contributed by atoms with E-state index in [0.29, 0.717) is 22.6 Å². The molecule has 80 heavy (non-hydrogen) atoms. The highest BCUT2D eigenvalue weighted by molar-refractivity contribution is 7.74. The Balaban J connectivity index is 1.73. The zero-order valence-electron chi connectivity index (χ0n) is 45.3. The molecule has 3 fully saturated rings. The summed E-state index contributed by atoms with van der Waals surface area (Å²) in [6.07, 6.45) is -5.93. The minimum atomic E-state index is -3.04. The van der Waals surface area contributed by atoms with Crippen LogP contribution in [0.1, 0.15) is 142 Å². The van der Waals surface area contributed by atoms with Crippen LogP contribution in [0.3, 0.4) is 0 Å². The van der Waals surface area contributed by atoms with Gasteiger partial charge >= 0.3 is 11.4 Å². The average molecular weight is 1160 g/mol. The highest BCUT2D eigenvalue weighted by atomic mass is 32.2. The summed E-state index contributed by atoms with van der Waals surface area (Å²) < 4.78 is 25.4. The first-order chi connectivity index (χ1) is 37.8. The normalized spacial score (nSPS) is 28.4. The van der Waals surface area contributed by atoms with Gasteiger partial charge in [0, 0.05) is 38.3 Å². The summed E-state index contributed by atoms with van der Waals surface area (Å²) in [5.74, 6) is -12.5. The molecule has 3 aliphatic heterocycles. The van der Waals surface area contributed by atoms with Crippen LogP contribution in [0.4, 0.5) is 0 Å². The number of nitrogens with one attached hydrogen (secondary N) is 5. The number of aromatic hydroxyl groups is 1. The van der Waals surface area contributed by atoms with Crippen molar-refractivity contribution >= 4 is 58.6 Å². The molecular formula is C51H82N8O20S. The van der Waals surface area contributed by atoms with Crippen LogP contribution in [0.15, 0.2) is 18.2 Å². The van der Waals surface area contributed by atoms with Crippen molar-refractivity contribution in [2.75, 3.05) is 13.1 Å². The highest BCUT2D eigenvalue weighted by Crippen LogP contribution is 2.32. The van der Waals surface area contributed by atoms with Crippen LogP contribution >= 0.6 is 0 Å². The van der Waals surface area contributed by atoms with Gasteiger partial charge < -0.3 is 92.3 Å². The second-order valence-corrected chi connectivity index (χ2v) is 21.7. The maximum Gasteiger partial charge on any atom is 0.357 e. The van der Waals surface area contributed by atoms with E-state index in [0.717, 1.165) is 57.2 Å². The van der Waals surface area contributed by atoms with E-state index in [9.17, 15) is 93.1 Å². The van der Waals surface area contributed by atoms with Crippen LogP contribution in [0.2, 0.25) is 0 Å². The van der Waals surface area contributed by atoms with E-state index in [1.165, 1.54) is 45.4 Å². The summed E-state index contributed by atoms with van der Waals surface area (Å²) in [7, 11) is 0. The Bertz CT molecular complexity index is 2300. The maximum atomic E-state index is 14.6. The number of carbonyl (C=O) groups excluding carboxylic acids is 8. The van der Waals surface area contributed by atoms with Crippen molar-refractivity contribution < 1.29 is 97.3 Å². The lowest BCUT2D eigenvalue weighted by Crippen LogP contribution is -2.64. The summed E-state index contributed by atoms with van der Waals surface area (Å²) in [6, 6.07) is -9.89. The molecule has 3 saturated heterocycles. The lowest BCUT2D eigenvalue weighted by Gasteiger charge is -2.34. The fourth-order valence-corrected chi connectivity index (χ4v) is 10.3. The third-order valence-corrected chi connectivity index (χ3v) is 14.9. The van der Waals surface area contributed by atoms with Gasteiger partial charge in [0.25, 0.3) is 0 Å². The Labute approximate surface area is 466 Å². The predicted octanol–water partition coefficient (Wildman–Crippen LogP) is -3.29. The molecule has 3 aliphatic rings. The van der Waals surface area contributed by atoms with E-state index < -0.39 is 199 Å². The molecule has 1 aromatic carbocycles. The van der Waals surface area contributed by atoms with E-state index in [1.54, 1.807) is 0 Å². The molecule has 28 nitrogen and oxygen atoms in total. The van der Waals surface area contributed by atoms with Crippen molar-refractivity contribution in [3.8, 4) is 11.5 Å². The number of benzene rings is 1. The first-order valence-electron chi connectivity index (χ1n) is 27.2. The van der Waals surface area contributed by atoms with Gasteiger partial charge in [0.05, 0.1) is 30.8 Å². The van der Waals surface area contributed by atoms with Crippen LogP contribution in [0, 0.1) is 5.92 Å². The number of primary amides is 1. The monoisotopic (exact) mass is 1160 g/mol. The van der Waals surface area contributed by atoms with Gasteiger partial charge in [-0.3, -0.25) is 42.9 Å². The Morgan fingerprint density at radius 1 is 0.750 bits per heavy atom. The largest absolute Gasteiger partial charge is 0.504 e. The molecule has 1 aromatic rings. The minimum absolute atomic E-state index is 0.102. The number of nitrogens with zero attached hydrogens (tertiary/aromatic N) is 2. The molecule has 0 aliphatic carbocycles. The van der Waals surface area contributed by atoms with Gasteiger partial charge in [-0.05, 0) is 31.0 Å². The molecule has 0 spiro atoms. The summed E-state index contributed by atoms with van der Waals surface area (Å²) in [4.78, 5) is 113. The lowest BCUT2D eigenvalue weighted by atomic mass is 9.96. The predicted molar refractivity (Wildman–Crippen MR) is 282 cm³/mol. The third-order valence-electron chi connectivity index (χ3n) is 14.6. The molecule has 0 radical (unpaired) electrons. The van der Waals surface area contributed by atoms with Crippen molar-refractivity contribution in [1.29, 1.82) is 0 Å². The lowest BCUT2D eigenvalue weighted by molar-refractivity contribution is -0.149. The first kappa shape index (κ1) is 66.9. The molecule has 0 aromatic heterocycles. The third kappa shape index (κ3) is 19.3. The van der Waals surface area contributed by atoms with Gasteiger partial charge in [0.2, 0.25) is 47.3 Å². The zero-order chi connectivity index (χ0) is 59.5. The molecule has 16 atom stereocenters. The number of aliphatic hydroxyl groups excluding tert-OH is 8. The van der Waals surface area contributed by atoms with Gasteiger partial charge in [0.15, 0.2) is 17.7 Å². The van der Waals surface area contributed by atoms with Crippen molar-refractivity contribution in [2.45, 2.75) is 215 Å². The fraction of sp³-hybridized carbons (Fsp3) is 0.725. The smallest absolute Gasteiger partial charge is 0.357 e. The quantitative estimate of drug-likeness (QED) is 0.0356. The average Bonchev–Trinajstić information content (AvgIpc) is 3.94. The molecule has 0 bridgehead atoms. The summed E-state index contributed by atoms with van der Waals surface area (Å²) in [6.45, 7) is 3.48. The van der Waals surface area contributed by atoms with Crippen LogP contribution in [0.5, 0.6) is 11.5 Å². The van der Waals surface area contributed by atoms with Gasteiger partial charge in [0.1, 0.15) is 54.6 Å². The molecule has 16 unspecified atom stereocenters. The number of aliphatic hydroxyl groups is 8. The number of rotatable bonds is 24. The van der Waals surface area contributed by atoms with Crippen molar-refractivity contribution in [1.82, 2.24) is 36.4 Å². The van der Waals surface area contributed by atoms with E-state index in [2.05, 4.69) is 32.4 Å². The molecule has 8 amide bonds. The SMILES string of the molecule is CCCCCCCCCCCCCCCC(=O)NC1CC(O)C(O)NC(=O)C2C(O)C(C)CN2C(=O)C(C(O)CC(N)=O)NC(=O)C(C(O)C(O)c2ccc(O)c(OS(=O)O)c2)NC(=O)C2CC(O)CN2C(=O)C(C(C)O)NC1=O. The number of carbonyl (C=O) groups is 8. The number of amides is 8. The molecule has 4 rings (SSSR count). The molecular weight excluding hydrogens is 1080 g/mol. The van der Waals surface area contributed by atoms with E-state index in [-0.39, 0.29) is 6.42 Å². The van der Waals surface area contributed by atoms with Crippen LogP contribution in [-0.2, 0) is 49.7 Å². The van der Waals surface area contributed by atoms with Crippen molar-refractivity contribution in [3.63, 3.8) is 0 Å². The molecule has 17 N–H and O–H groups in total. The number of hydrogen-bond acceptors (Lipinski definition) is 19. The Morgan fingerprint density at radius 2 is 1.31 bits per heavy atom. The second kappa shape index (κ2) is 32.1. The van der Waals surface area contributed by atoms with Crippen LogP contribution in [-0.4, -0.2) is 204 Å².